The van der Waals surface area contributed by atoms with Crippen LogP contribution in [0.3, 0.4) is 0 Å². The van der Waals surface area contributed by atoms with Gasteiger partial charge in [0, 0.05) is 20.0 Å². The van der Waals surface area contributed by atoms with Gasteiger partial charge in [-0.3, -0.25) is 4.79 Å². The number of amides is 1. The van der Waals surface area contributed by atoms with E-state index in [1.165, 1.54) is 19.2 Å². The average molecular weight is 286 g/mol. The van der Waals surface area contributed by atoms with Crippen LogP contribution in [-0.4, -0.2) is 33.0 Å². The Kier molecular flexibility index (Phi) is 5.46. The number of nitrogens with one attached hydrogen (secondary N) is 2. The molecule has 0 aliphatic rings. The third-order valence-electron chi connectivity index (χ3n) is 2.60. The fourth-order valence-electron chi connectivity index (χ4n) is 1.43. The van der Waals surface area contributed by atoms with Crippen molar-refractivity contribution in [2.45, 2.75) is 24.3 Å². The molecule has 1 unspecified atom stereocenters. The van der Waals surface area contributed by atoms with E-state index in [0.717, 1.165) is 0 Å². The second kappa shape index (κ2) is 6.65. The number of hydrogen-bond acceptors (Lipinski definition) is 4. The van der Waals surface area contributed by atoms with Gasteiger partial charge in [-0.25, -0.2) is 13.1 Å². The summed E-state index contributed by atoms with van der Waals surface area (Å²) in [5.41, 5.74) is 0.643. The largest absolute Gasteiger partial charge is 0.389 e. The minimum absolute atomic E-state index is 0.0418. The molecule has 1 aromatic carbocycles. The van der Waals surface area contributed by atoms with Crippen LogP contribution in [0.15, 0.2) is 29.2 Å². The van der Waals surface area contributed by atoms with Gasteiger partial charge in [0.1, 0.15) is 0 Å². The highest BCUT2D eigenvalue weighted by Gasteiger charge is 2.14. The van der Waals surface area contributed by atoms with E-state index >= 15 is 0 Å². The van der Waals surface area contributed by atoms with Crippen molar-refractivity contribution in [3.8, 4) is 0 Å². The molecule has 1 amide bonds. The van der Waals surface area contributed by atoms with Gasteiger partial charge in [0.15, 0.2) is 0 Å². The average Bonchev–Trinajstić information content (AvgIpc) is 2.38. The van der Waals surface area contributed by atoms with E-state index in [9.17, 15) is 18.3 Å². The fraction of sp³-hybridized carbons (Fsp3) is 0.417. The molecule has 7 heteroatoms. The van der Waals surface area contributed by atoms with Gasteiger partial charge in [0.05, 0.1) is 11.0 Å². The molecule has 1 rings (SSSR count). The Morgan fingerprint density at radius 3 is 2.37 bits per heavy atom. The summed E-state index contributed by atoms with van der Waals surface area (Å²) in [4.78, 5) is 11.1. The zero-order chi connectivity index (χ0) is 14.5. The van der Waals surface area contributed by atoms with Gasteiger partial charge < -0.3 is 10.4 Å². The van der Waals surface area contributed by atoms with Gasteiger partial charge in [-0.2, -0.15) is 0 Å². The molecule has 0 radical (unpaired) electrons. The quantitative estimate of drug-likeness (QED) is 0.694. The van der Waals surface area contributed by atoms with Gasteiger partial charge >= 0.3 is 0 Å². The van der Waals surface area contributed by atoms with E-state index in [-0.39, 0.29) is 23.8 Å². The number of benzene rings is 1. The van der Waals surface area contributed by atoms with Gasteiger partial charge in [-0.15, -0.1) is 0 Å². The molecule has 0 saturated heterocycles. The Balaban J connectivity index is 2.69. The first kappa shape index (κ1) is 15.6. The molecule has 19 heavy (non-hydrogen) atoms. The highest BCUT2D eigenvalue weighted by Crippen LogP contribution is 2.15. The number of sulfonamides is 1. The van der Waals surface area contributed by atoms with Crippen molar-refractivity contribution in [2.24, 2.45) is 0 Å². The van der Waals surface area contributed by atoms with E-state index in [1.807, 2.05) is 0 Å². The molecule has 0 bridgehead atoms. The Labute approximate surface area is 112 Å². The van der Waals surface area contributed by atoms with Crippen LogP contribution in [0.4, 0.5) is 0 Å². The third kappa shape index (κ3) is 4.62. The van der Waals surface area contributed by atoms with Crippen LogP contribution in [0, 0.1) is 0 Å². The fourth-order valence-corrected chi connectivity index (χ4v) is 2.46. The summed E-state index contributed by atoms with van der Waals surface area (Å²) in [6.07, 6.45) is -0.556. The summed E-state index contributed by atoms with van der Waals surface area (Å²) < 4.78 is 26.1. The summed E-state index contributed by atoms with van der Waals surface area (Å²) in [5, 5.41) is 11.7. The predicted molar refractivity (Wildman–Crippen MR) is 70.9 cm³/mol. The van der Waals surface area contributed by atoms with Gasteiger partial charge in [-0.1, -0.05) is 12.1 Å². The topological polar surface area (TPSA) is 95.5 Å². The normalized spacial score (nSPS) is 13.0. The summed E-state index contributed by atoms with van der Waals surface area (Å²) >= 11 is 0. The first-order valence-corrected chi connectivity index (χ1v) is 7.33. The van der Waals surface area contributed by atoms with Crippen LogP contribution in [-0.2, 0) is 14.8 Å². The number of carbonyl (C=O) groups is 1. The molecule has 0 aromatic heterocycles. The van der Waals surface area contributed by atoms with E-state index < -0.39 is 16.1 Å². The van der Waals surface area contributed by atoms with Crippen molar-refractivity contribution in [2.75, 3.05) is 13.6 Å². The number of hydrogen-bond donors (Lipinski definition) is 3. The smallest absolute Gasteiger partial charge is 0.240 e. The van der Waals surface area contributed by atoms with E-state index in [1.54, 1.807) is 19.1 Å². The maximum Gasteiger partial charge on any atom is 0.240 e. The lowest BCUT2D eigenvalue weighted by molar-refractivity contribution is -0.120. The van der Waals surface area contributed by atoms with Crippen molar-refractivity contribution in [1.82, 2.24) is 10.0 Å². The molecule has 6 nitrogen and oxygen atoms in total. The zero-order valence-corrected chi connectivity index (χ0v) is 11.7. The summed E-state index contributed by atoms with van der Waals surface area (Å²) in [5.74, 6) is -0.229. The molecular formula is C12H18N2O4S. The molecule has 0 fully saturated rings. The molecule has 3 N–H and O–H groups in total. The van der Waals surface area contributed by atoms with Crippen LogP contribution in [0.5, 0.6) is 0 Å². The molecule has 0 aliphatic carbocycles. The van der Waals surface area contributed by atoms with Crippen LogP contribution in [0.1, 0.15) is 25.0 Å². The lowest BCUT2D eigenvalue weighted by atomic mass is 10.1. The number of rotatable bonds is 6. The molecule has 0 spiro atoms. The minimum Gasteiger partial charge on any atom is -0.389 e. The maximum absolute atomic E-state index is 11.9. The molecule has 1 atom stereocenters. The predicted octanol–water partition coefficient (Wildman–Crippen LogP) is 0.154. The molecule has 0 heterocycles. The highest BCUT2D eigenvalue weighted by atomic mass is 32.2. The number of carbonyl (C=O) groups excluding carboxylic acids is 1. The van der Waals surface area contributed by atoms with Crippen LogP contribution in [0.25, 0.3) is 0 Å². The summed E-state index contributed by atoms with van der Waals surface area (Å²) in [7, 11) is -2.13. The Hall–Kier alpha value is -1.44. The van der Waals surface area contributed by atoms with Crippen molar-refractivity contribution >= 4 is 15.9 Å². The lowest BCUT2D eigenvalue weighted by Crippen LogP contribution is -2.29. The number of aliphatic hydroxyl groups excluding tert-OH is 1. The van der Waals surface area contributed by atoms with Gasteiger partial charge in [0.2, 0.25) is 15.9 Å². The van der Waals surface area contributed by atoms with Crippen molar-refractivity contribution in [1.29, 1.82) is 0 Å². The lowest BCUT2D eigenvalue weighted by Gasteiger charge is -2.08. The van der Waals surface area contributed by atoms with Crippen LogP contribution >= 0.6 is 0 Å². The zero-order valence-electron chi connectivity index (χ0n) is 10.9. The summed E-state index contributed by atoms with van der Waals surface area (Å²) in [6.45, 7) is 1.64. The molecule has 106 valence electrons. The second-order valence-electron chi connectivity index (χ2n) is 4.07. The first-order chi connectivity index (χ1) is 8.86. The second-order valence-corrected chi connectivity index (χ2v) is 5.83. The summed E-state index contributed by atoms with van der Waals surface area (Å²) in [6, 6.07) is 5.95. The monoisotopic (exact) mass is 286 g/mol. The van der Waals surface area contributed by atoms with Crippen molar-refractivity contribution in [3.63, 3.8) is 0 Å². The van der Waals surface area contributed by atoms with E-state index in [0.29, 0.717) is 5.56 Å². The van der Waals surface area contributed by atoms with E-state index in [2.05, 4.69) is 10.0 Å². The van der Waals surface area contributed by atoms with Crippen LogP contribution < -0.4 is 10.0 Å². The molecule has 0 aliphatic heterocycles. The van der Waals surface area contributed by atoms with Crippen molar-refractivity contribution in [3.05, 3.63) is 29.8 Å². The molecular weight excluding hydrogens is 268 g/mol. The van der Waals surface area contributed by atoms with Gasteiger partial charge in [-0.05, 0) is 24.6 Å². The first-order valence-electron chi connectivity index (χ1n) is 5.85. The maximum atomic E-state index is 11.9. The highest BCUT2D eigenvalue weighted by molar-refractivity contribution is 7.89. The minimum atomic E-state index is -3.62. The van der Waals surface area contributed by atoms with E-state index in [4.69, 9.17) is 0 Å². The SMILES string of the molecule is CNC(=O)CCNS(=O)(=O)c1ccc(C(C)O)cc1. The number of aliphatic hydroxyl groups is 1. The third-order valence-corrected chi connectivity index (χ3v) is 4.07. The van der Waals surface area contributed by atoms with Crippen molar-refractivity contribution < 1.29 is 18.3 Å². The van der Waals surface area contributed by atoms with Crippen LogP contribution in [0.2, 0.25) is 0 Å². The molecule has 1 aromatic rings. The molecule has 0 saturated carbocycles. The van der Waals surface area contributed by atoms with Gasteiger partial charge in [0.25, 0.3) is 0 Å². The Morgan fingerprint density at radius 2 is 1.89 bits per heavy atom. The standard InChI is InChI=1S/C12H18N2O4S/c1-9(15)10-3-5-11(6-4-10)19(17,18)14-8-7-12(16)13-2/h3-6,9,14-15H,7-8H2,1-2H3,(H,13,16). The Morgan fingerprint density at radius 1 is 1.32 bits per heavy atom. The Bertz CT molecular complexity index is 523.